The Morgan fingerprint density at radius 1 is 1.29 bits per heavy atom. The van der Waals surface area contributed by atoms with Crippen LogP contribution in [0.3, 0.4) is 0 Å². The first-order valence-corrected chi connectivity index (χ1v) is 7.18. The number of hydrogen-bond acceptors (Lipinski definition) is 2. The van der Waals surface area contributed by atoms with Gasteiger partial charge in [0.15, 0.2) is 0 Å². The molecule has 0 heterocycles. The van der Waals surface area contributed by atoms with Crippen LogP contribution in [0, 0.1) is 0 Å². The monoisotopic (exact) mass is 298 g/mol. The first-order chi connectivity index (χ1) is 8.19. The van der Waals surface area contributed by atoms with Crippen molar-refractivity contribution < 1.29 is 0 Å². The standard InChI is InChI=1S/C14H23BrN2/c1-3-4-5-10-17(2)14-7-6-13(15)11-12(14)8-9-16/h6-7,11H,3-5,8-10,16H2,1-2H3. The second-order valence-electron chi connectivity index (χ2n) is 4.44. The summed E-state index contributed by atoms with van der Waals surface area (Å²) in [6, 6.07) is 6.46. The van der Waals surface area contributed by atoms with Gasteiger partial charge in [0.2, 0.25) is 0 Å². The molecule has 1 aromatic rings. The Morgan fingerprint density at radius 2 is 2.06 bits per heavy atom. The topological polar surface area (TPSA) is 29.3 Å². The van der Waals surface area contributed by atoms with E-state index >= 15 is 0 Å². The third-order valence-electron chi connectivity index (χ3n) is 2.96. The summed E-state index contributed by atoms with van der Waals surface area (Å²) in [4.78, 5) is 2.34. The SMILES string of the molecule is CCCCCN(C)c1ccc(Br)cc1CCN. The van der Waals surface area contributed by atoms with Crippen molar-refractivity contribution in [2.24, 2.45) is 5.73 Å². The number of benzene rings is 1. The molecule has 2 N–H and O–H groups in total. The Balaban J connectivity index is 2.73. The minimum atomic E-state index is 0.701. The van der Waals surface area contributed by atoms with Crippen LogP contribution < -0.4 is 10.6 Å². The smallest absolute Gasteiger partial charge is 0.0397 e. The molecule has 17 heavy (non-hydrogen) atoms. The van der Waals surface area contributed by atoms with Crippen LogP contribution in [0.15, 0.2) is 22.7 Å². The van der Waals surface area contributed by atoms with Gasteiger partial charge < -0.3 is 10.6 Å². The van der Waals surface area contributed by atoms with Crippen molar-refractivity contribution in [3.05, 3.63) is 28.2 Å². The summed E-state index contributed by atoms with van der Waals surface area (Å²) in [7, 11) is 2.17. The first kappa shape index (κ1) is 14.5. The maximum atomic E-state index is 5.67. The van der Waals surface area contributed by atoms with E-state index in [0.29, 0.717) is 6.54 Å². The van der Waals surface area contributed by atoms with Crippen molar-refractivity contribution in [2.75, 3.05) is 25.0 Å². The molecule has 0 saturated carbocycles. The van der Waals surface area contributed by atoms with E-state index < -0.39 is 0 Å². The highest BCUT2D eigenvalue weighted by Crippen LogP contribution is 2.24. The summed E-state index contributed by atoms with van der Waals surface area (Å²) in [6.07, 6.45) is 4.76. The summed E-state index contributed by atoms with van der Waals surface area (Å²) >= 11 is 3.52. The van der Waals surface area contributed by atoms with Crippen LogP contribution in [-0.2, 0) is 6.42 Å². The molecular weight excluding hydrogens is 276 g/mol. The summed E-state index contributed by atoms with van der Waals surface area (Å²) < 4.78 is 1.13. The number of hydrogen-bond donors (Lipinski definition) is 1. The third kappa shape index (κ3) is 4.68. The van der Waals surface area contributed by atoms with Gasteiger partial charge in [0, 0.05) is 23.8 Å². The molecule has 3 heteroatoms. The van der Waals surface area contributed by atoms with E-state index in [4.69, 9.17) is 5.73 Å². The van der Waals surface area contributed by atoms with Crippen molar-refractivity contribution >= 4 is 21.6 Å². The molecule has 0 aliphatic heterocycles. The zero-order valence-electron chi connectivity index (χ0n) is 10.9. The predicted octanol–water partition coefficient (Wildman–Crippen LogP) is 3.58. The van der Waals surface area contributed by atoms with Crippen molar-refractivity contribution in [3.63, 3.8) is 0 Å². The number of halogens is 1. The first-order valence-electron chi connectivity index (χ1n) is 6.38. The van der Waals surface area contributed by atoms with Gasteiger partial charge in [-0.2, -0.15) is 0 Å². The van der Waals surface area contributed by atoms with Gasteiger partial charge in [0.05, 0.1) is 0 Å². The molecule has 0 bridgehead atoms. The molecule has 0 radical (unpaired) electrons. The average Bonchev–Trinajstić information content (AvgIpc) is 2.30. The van der Waals surface area contributed by atoms with Crippen LogP contribution in [-0.4, -0.2) is 20.1 Å². The largest absolute Gasteiger partial charge is 0.374 e. The van der Waals surface area contributed by atoms with Crippen LogP contribution in [0.2, 0.25) is 0 Å². The van der Waals surface area contributed by atoms with Crippen molar-refractivity contribution in [1.29, 1.82) is 0 Å². The van der Waals surface area contributed by atoms with Gasteiger partial charge in [-0.3, -0.25) is 0 Å². The Morgan fingerprint density at radius 3 is 2.71 bits per heavy atom. The molecule has 0 fully saturated rings. The molecule has 0 unspecified atom stereocenters. The zero-order valence-corrected chi connectivity index (χ0v) is 12.5. The molecule has 1 aromatic carbocycles. The van der Waals surface area contributed by atoms with Gasteiger partial charge in [-0.25, -0.2) is 0 Å². The van der Waals surface area contributed by atoms with Crippen LogP contribution in [0.1, 0.15) is 31.7 Å². The Kier molecular flexibility index (Phi) is 6.60. The number of nitrogens with zero attached hydrogens (tertiary/aromatic N) is 1. The van der Waals surface area contributed by atoms with Gasteiger partial charge in [-0.05, 0) is 43.1 Å². The Labute approximate surface area is 113 Å². The van der Waals surface area contributed by atoms with E-state index in [0.717, 1.165) is 17.4 Å². The van der Waals surface area contributed by atoms with Gasteiger partial charge in [0.1, 0.15) is 0 Å². The van der Waals surface area contributed by atoms with Gasteiger partial charge in [-0.1, -0.05) is 35.7 Å². The zero-order chi connectivity index (χ0) is 12.7. The maximum absolute atomic E-state index is 5.67. The van der Waals surface area contributed by atoms with Gasteiger partial charge >= 0.3 is 0 Å². The number of nitrogens with two attached hydrogens (primary N) is 1. The van der Waals surface area contributed by atoms with E-state index in [9.17, 15) is 0 Å². The summed E-state index contributed by atoms with van der Waals surface area (Å²) in [5.41, 5.74) is 8.32. The average molecular weight is 299 g/mol. The molecule has 0 atom stereocenters. The molecule has 0 aromatic heterocycles. The number of unbranched alkanes of at least 4 members (excludes halogenated alkanes) is 2. The van der Waals surface area contributed by atoms with E-state index in [1.165, 1.54) is 30.5 Å². The normalized spacial score (nSPS) is 10.6. The Bertz CT molecular complexity index is 339. The molecule has 0 saturated heterocycles. The molecule has 96 valence electrons. The molecule has 0 aliphatic rings. The highest BCUT2D eigenvalue weighted by molar-refractivity contribution is 9.10. The van der Waals surface area contributed by atoms with E-state index in [1.54, 1.807) is 0 Å². The maximum Gasteiger partial charge on any atom is 0.0397 e. The molecule has 1 rings (SSSR count). The number of rotatable bonds is 7. The minimum absolute atomic E-state index is 0.701. The fourth-order valence-corrected chi connectivity index (χ4v) is 2.41. The van der Waals surface area contributed by atoms with Gasteiger partial charge in [0.25, 0.3) is 0 Å². The molecule has 2 nitrogen and oxygen atoms in total. The minimum Gasteiger partial charge on any atom is -0.374 e. The lowest BCUT2D eigenvalue weighted by Crippen LogP contribution is -2.20. The quantitative estimate of drug-likeness (QED) is 0.780. The predicted molar refractivity (Wildman–Crippen MR) is 79.7 cm³/mol. The molecule has 0 aliphatic carbocycles. The van der Waals surface area contributed by atoms with Crippen molar-refractivity contribution in [3.8, 4) is 0 Å². The highest BCUT2D eigenvalue weighted by Gasteiger charge is 2.07. The van der Waals surface area contributed by atoms with Gasteiger partial charge in [-0.15, -0.1) is 0 Å². The fourth-order valence-electron chi connectivity index (χ4n) is 2.00. The fraction of sp³-hybridized carbons (Fsp3) is 0.571. The van der Waals surface area contributed by atoms with Crippen LogP contribution in [0.25, 0.3) is 0 Å². The van der Waals surface area contributed by atoms with Crippen molar-refractivity contribution in [1.82, 2.24) is 0 Å². The summed E-state index contributed by atoms with van der Waals surface area (Å²) in [5, 5.41) is 0. The lowest BCUT2D eigenvalue weighted by Gasteiger charge is -2.22. The van der Waals surface area contributed by atoms with E-state index in [1.807, 2.05) is 0 Å². The number of anilines is 1. The second-order valence-corrected chi connectivity index (χ2v) is 5.36. The molecular formula is C14H23BrN2. The Hall–Kier alpha value is -0.540. The van der Waals surface area contributed by atoms with Crippen LogP contribution >= 0.6 is 15.9 Å². The van der Waals surface area contributed by atoms with E-state index in [2.05, 4.69) is 53.0 Å². The molecule has 0 amide bonds. The van der Waals surface area contributed by atoms with Crippen LogP contribution in [0.5, 0.6) is 0 Å². The van der Waals surface area contributed by atoms with E-state index in [-0.39, 0.29) is 0 Å². The third-order valence-corrected chi connectivity index (χ3v) is 3.46. The lowest BCUT2D eigenvalue weighted by atomic mass is 10.1. The van der Waals surface area contributed by atoms with Crippen LogP contribution in [0.4, 0.5) is 5.69 Å². The highest BCUT2D eigenvalue weighted by atomic mass is 79.9. The second kappa shape index (κ2) is 7.72. The summed E-state index contributed by atoms with van der Waals surface area (Å²) in [6.45, 7) is 4.05. The lowest BCUT2D eigenvalue weighted by molar-refractivity contribution is 0.703. The summed E-state index contributed by atoms with van der Waals surface area (Å²) in [5.74, 6) is 0. The molecule has 0 spiro atoms. The van der Waals surface area contributed by atoms with Crippen molar-refractivity contribution in [2.45, 2.75) is 32.6 Å².